The van der Waals surface area contributed by atoms with Crippen LogP contribution in [0.4, 0.5) is 0 Å². The summed E-state index contributed by atoms with van der Waals surface area (Å²) in [6.45, 7) is 0. The van der Waals surface area contributed by atoms with Crippen LogP contribution in [0.15, 0.2) is 188 Å². The number of hydrogen-bond acceptors (Lipinski definition) is 4. The lowest BCUT2D eigenvalue weighted by Crippen LogP contribution is -2.06. The molecule has 6 heteroatoms. The number of fused-ring (bicyclic) bond motifs is 11. The molecule has 0 fully saturated rings. The average molecular weight is 746 g/mol. The number of thiophene rings is 1. The SMILES string of the molecule is c1ccc(-c2ccc(-n3c4ccccc4c4c5c(ccc43)sc3ccc4c(c6ccccc6n4-c4nc(-c6ccccc6)nc(-c6ccccc6)n4)c35)cc2)cc1. The normalized spacial score (nSPS) is 11.9. The van der Waals surface area contributed by atoms with Crippen LogP contribution >= 0.6 is 11.3 Å². The van der Waals surface area contributed by atoms with Gasteiger partial charge in [0.1, 0.15) is 0 Å². The first-order valence-electron chi connectivity index (χ1n) is 19.1. The Hall–Kier alpha value is -7.41. The van der Waals surface area contributed by atoms with Gasteiger partial charge in [0, 0.05) is 58.5 Å². The summed E-state index contributed by atoms with van der Waals surface area (Å²) in [4.78, 5) is 15.4. The van der Waals surface area contributed by atoms with E-state index in [9.17, 15) is 0 Å². The molecular weight excluding hydrogens is 715 g/mol. The summed E-state index contributed by atoms with van der Waals surface area (Å²) in [6, 6.07) is 66.5. The molecule has 0 N–H and O–H groups in total. The van der Waals surface area contributed by atoms with Crippen molar-refractivity contribution in [1.29, 1.82) is 0 Å². The average Bonchev–Trinajstić information content (AvgIpc) is 3.95. The predicted octanol–water partition coefficient (Wildman–Crippen LogP) is 13.4. The summed E-state index contributed by atoms with van der Waals surface area (Å²) in [5.41, 5.74) is 9.93. The number of para-hydroxylation sites is 2. The summed E-state index contributed by atoms with van der Waals surface area (Å²) in [7, 11) is 0. The summed E-state index contributed by atoms with van der Waals surface area (Å²) in [5, 5.41) is 7.41. The molecule has 0 saturated heterocycles. The van der Waals surface area contributed by atoms with Gasteiger partial charge in [-0.25, -0.2) is 4.98 Å². The molecule has 5 nitrogen and oxygen atoms in total. The second-order valence-corrected chi connectivity index (χ2v) is 15.5. The van der Waals surface area contributed by atoms with Crippen LogP contribution in [0.1, 0.15) is 0 Å². The Kier molecular flexibility index (Phi) is 7.03. The molecular formula is C51H31N5S. The van der Waals surface area contributed by atoms with Crippen molar-refractivity contribution < 1.29 is 0 Å². The van der Waals surface area contributed by atoms with Crippen molar-refractivity contribution in [2.24, 2.45) is 0 Å². The summed E-state index contributed by atoms with van der Waals surface area (Å²) in [5.74, 6) is 1.87. The van der Waals surface area contributed by atoms with Crippen LogP contribution in [0.25, 0.3) is 109 Å². The van der Waals surface area contributed by atoms with Crippen LogP contribution in [0.5, 0.6) is 0 Å². The molecule has 0 aliphatic heterocycles. The Morgan fingerprint density at radius 1 is 0.316 bits per heavy atom. The third kappa shape index (κ3) is 4.91. The van der Waals surface area contributed by atoms with Gasteiger partial charge in [0.15, 0.2) is 11.6 Å². The molecule has 12 rings (SSSR count). The van der Waals surface area contributed by atoms with Crippen LogP contribution in [-0.4, -0.2) is 24.1 Å². The largest absolute Gasteiger partial charge is 0.309 e. The van der Waals surface area contributed by atoms with Crippen molar-refractivity contribution in [2.75, 3.05) is 0 Å². The first kappa shape index (κ1) is 31.9. The molecule has 0 aliphatic carbocycles. The van der Waals surface area contributed by atoms with Gasteiger partial charge in [0.25, 0.3) is 0 Å². The van der Waals surface area contributed by atoms with Crippen molar-refractivity contribution in [3.63, 3.8) is 0 Å². The molecule has 0 amide bonds. The van der Waals surface area contributed by atoms with Crippen LogP contribution in [0, 0.1) is 0 Å². The first-order valence-corrected chi connectivity index (χ1v) is 19.9. The van der Waals surface area contributed by atoms with Crippen molar-refractivity contribution in [1.82, 2.24) is 24.1 Å². The number of hydrogen-bond donors (Lipinski definition) is 0. The van der Waals surface area contributed by atoms with Crippen molar-refractivity contribution in [3.8, 4) is 45.5 Å². The molecule has 266 valence electrons. The third-order valence-electron chi connectivity index (χ3n) is 11.2. The Labute approximate surface area is 331 Å². The number of nitrogens with zero attached hydrogens (tertiary/aromatic N) is 5. The van der Waals surface area contributed by atoms with Gasteiger partial charge in [-0.05, 0) is 59.7 Å². The summed E-state index contributed by atoms with van der Waals surface area (Å²) < 4.78 is 7.17. The minimum absolute atomic E-state index is 0.591. The van der Waals surface area contributed by atoms with Gasteiger partial charge in [0.05, 0.1) is 22.1 Å². The zero-order valence-corrected chi connectivity index (χ0v) is 31.4. The first-order chi connectivity index (χ1) is 28.3. The van der Waals surface area contributed by atoms with Crippen molar-refractivity contribution in [2.45, 2.75) is 0 Å². The molecule has 0 unspecified atom stereocenters. The smallest absolute Gasteiger partial charge is 0.238 e. The summed E-state index contributed by atoms with van der Waals surface area (Å²) >= 11 is 1.86. The van der Waals surface area contributed by atoms with Gasteiger partial charge in [-0.1, -0.05) is 140 Å². The summed E-state index contributed by atoms with van der Waals surface area (Å²) in [6.07, 6.45) is 0. The van der Waals surface area contributed by atoms with E-state index in [1.54, 1.807) is 0 Å². The molecule has 0 radical (unpaired) electrons. The zero-order chi connectivity index (χ0) is 37.5. The quantitative estimate of drug-likeness (QED) is 0.176. The van der Waals surface area contributed by atoms with Gasteiger partial charge in [-0.2, -0.15) is 9.97 Å². The lowest BCUT2D eigenvalue weighted by Gasteiger charge is -2.11. The van der Waals surface area contributed by atoms with Gasteiger partial charge < -0.3 is 4.57 Å². The molecule has 0 saturated carbocycles. The van der Waals surface area contributed by atoms with E-state index in [1.165, 1.54) is 58.5 Å². The zero-order valence-electron chi connectivity index (χ0n) is 30.5. The van der Waals surface area contributed by atoms with Gasteiger partial charge in [-0.3, -0.25) is 4.57 Å². The van der Waals surface area contributed by atoms with Crippen molar-refractivity contribution in [3.05, 3.63) is 188 Å². The second kappa shape index (κ2) is 12.6. The standard InChI is InChI=1S/C51H31N5S/c1-4-14-32(15-5-1)33-24-26-36(27-25-33)55-39-22-12-10-20-37(39)45-41(55)28-30-43-47(45)48-44(57-43)31-29-42-46(48)38-21-11-13-23-40(38)56(42)51-53-49(34-16-6-2-7-17-34)52-50(54-51)35-18-8-3-9-19-35/h1-31H. The number of rotatable bonds is 5. The maximum absolute atomic E-state index is 5.20. The Morgan fingerprint density at radius 2 is 0.754 bits per heavy atom. The highest BCUT2D eigenvalue weighted by Crippen LogP contribution is 2.48. The molecule has 0 aliphatic rings. The molecule has 0 atom stereocenters. The van der Waals surface area contributed by atoms with Gasteiger partial charge >= 0.3 is 0 Å². The van der Waals surface area contributed by atoms with E-state index in [0.717, 1.165) is 33.2 Å². The van der Waals surface area contributed by atoms with E-state index in [1.807, 2.05) is 47.7 Å². The Bertz CT molecular complexity index is 3430. The highest BCUT2D eigenvalue weighted by molar-refractivity contribution is 7.26. The molecule has 8 aromatic carbocycles. The second-order valence-electron chi connectivity index (χ2n) is 14.4. The molecule has 0 spiro atoms. The van der Waals surface area contributed by atoms with E-state index in [-0.39, 0.29) is 0 Å². The lowest BCUT2D eigenvalue weighted by molar-refractivity contribution is 0.953. The maximum Gasteiger partial charge on any atom is 0.238 e. The number of benzene rings is 8. The van der Waals surface area contributed by atoms with E-state index < -0.39 is 0 Å². The maximum atomic E-state index is 5.20. The van der Waals surface area contributed by atoms with Crippen LogP contribution in [0.3, 0.4) is 0 Å². The molecule has 12 aromatic rings. The van der Waals surface area contributed by atoms with E-state index in [0.29, 0.717) is 17.6 Å². The molecule has 4 heterocycles. The minimum atomic E-state index is 0.591. The Balaban J connectivity index is 1.16. The van der Waals surface area contributed by atoms with Crippen molar-refractivity contribution >= 4 is 75.1 Å². The monoisotopic (exact) mass is 745 g/mol. The van der Waals surface area contributed by atoms with Gasteiger partial charge in [0.2, 0.25) is 5.95 Å². The minimum Gasteiger partial charge on any atom is -0.309 e. The molecule has 0 bridgehead atoms. The number of aromatic nitrogens is 5. The van der Waals surface area contributed by atoms with Crippen LogP contribution < -0.4 is 0 Å². The van der Waals surface area contributed by atoms with E-state index >= 15 is 0 Å². The fraction of sp³-hybridized carbons (Fsp3) is 0. The van der Waals surface area contributed by atoms with Crippen LogP contribution in [-0.2, 0) is 0 Å². The fourth-order valence-electron chi connectivity index (χ4n) is 8.69. The lowest BCUT2D eigenvalue weighted by atomic mass is 10.0. The van der Waals surface area contributed by atoms with E-state index in [2.05, 4.69) is 161 Å². The van der Waals surface area contributed by atoms with Gasteiger partial charge in [-0.15, -0.1) is 11.3 Å². The predicted molar refractivity (Wildman–Crippen MR) is 238 cm³/mol. The Morgan fingerprint density at radius 3 is 1.30 bits per heavy atom. The third-order valence-corrected chi connectivity index (χ3v) is 12.3. The molecule has 4 aromatic heterocycles. The van der Waals surface area contributed by atoms with Crippen LogP contribution in [0.2, 0.25) is 0 Å². The van der Waals surface area contributed by atoms with E-state index in [4.69, 9.17) is 15.0 Å². The highest BCUT2D eigenvalue weighted by Gasteiger charge is 2.23. The molecule has 57 heavy (non-hydrogen) atoms. The topological polar surface area (TPSA) is 48.5 Å². The fourth-order valence-corrected chi connectivity index (χ4v) is 9.81. The highest BCUT2D eigenvalue weighted by atomic mass is 32.1.